The lowest BCUT2D eigenvalue weighted by molar-refractivity contribution is 0.181. The van der Waals surface area contributed by atoms with Crippen molar-refractivity contribution in [2.45, 2.75) is 39.7 Å². The Morgan fingerprint density at radius 1 is 1.67 bits per heavy atom. The molecule has 2 amide bonds. The summed E-state index contributed by atoms with van der Waals surface area (Å²) in [5, 5.41) is 6.85. The minimum Gasteiger partial charge on any atom is -0.359 e. The molecule has 1 aromatic heterocycles. The monoisotopic (exact) mass is 251 g/mol. The quantitative estimate of drug-likeness (QED) is 0.897. The molecule has 2 heterocycles. The fraction of sp³-hybridized carbons (Fsp3) is 0.692. The summed E-state index contributed by atoms with van der Waals surface area (Å²) in [4.78, 5) is 13.9. The van der Waals surface area contributed by atoms with Crippen LogP contribution in [0.15, 0.2) is 10.6 Å². The maximum Gasteiger partial charge on any atom is 0.318 e. The largest absolute Gasteiger partial charge is 0.359 e. The highest BCUT2D eigenvalue weighted by molar-refractivity contribution is 5.75. The van der Waals surface area contributed by atoms with E-state index in [-0.39, 0.29) is 12.1 Å². The lowest BCUT2D eigenvalue weighted by atomic mass is 10.1. The molecule has 5 nitrogen and oxygen atoms in total. The molecule has 1 fully saturated rings. The fourth-order valence-electron chi connectivity index (χ4n) is 2.24. The van der Waals surface area contributed by atoms with Crippen molar-refractivity contribution in [2.24, 2.45) is 5.92 Å². The second-order valence-electron chi connectivity index (χ2n) is 5.30. The first-order valence-electron chi connectivity index (χ1n) is 6.55. The molecule has 0 aliphatic carbocycles. The molecule has 1 aliphatic heterocycles. The number of carbonyl (C=O) groups excluding carboxylic acids is 1. The van der Waals surface area contributed by atoms with Gasteiger partial charge in [-0.2, -0.15) is 0 Å². The zero-order valence-electron chi connectivity index (χ0n) is 11.3. The molecule has 1 aromatic rings. The predicted molar refractivity (Wildman–Crippen MR) is 68.2 cm³/mol. The molecule has 1 N–H and O–H groups in total. The highest BCUT2D eigenvalue weighted by Crippen LogP contribution is 2.32. The number of urea groups is 1. The van der Waals surface area contributed by atoms with E-state index >= 15 is 0 Å². The van der Waals surface area contributed by atoms with Crippen LogP contribution in [0.4, 0.5) is 4.79 Å². The van der Waals surface area contributed by atoms with Gasteiger partial charge in [-0.25, -0.2) is 4.79 Å². The number of amides is 2. The highest BCUT2D eigenvalue weighted by Gasteiger charge is 2.32. The van der Waals surface area contributed by atoms with Crippen LogP contribution < -0.4 is 5.32 Å². The maximum absolute atomic E-state index is 12.1. The molecule has 2 rings (SSSR count). The van der Waals surface area contributed by atoms with Crippen LogP contribution in [0.25, 0.3) is 0 Å². The summed E-state index contributed by atoms with van der Waals surface area (Å²) in [5.41, 5.74) is 0.861. The second kappa shape index (κ2) is 5.42. The van der Waals surface area contributed by atoms with Crippen LogP contribution in [0.3, 0.4) is 0 Å². The first kappa shape index (κ1) is 12.9. The van der Waals surface area contributed by atoms with E-state index in [4.69, 9.17) is 4.52 Å². The van der Waals surface area contributed by atoms with Gasteiger partial charge in [0.05, 0.1) is 11.7 Å². The molecule has 0 bridgehead atoms. The van der Waals surface area contributed by atoms with E-state index in [0.717, 1.165) is 30.8 Å². The van der Waals surface area contributed by atoms with Gasteiger partial charge in [-0.15, -0.1) is 0 Å². The minimum absolute atomic E-state index is 0.000234. The van der Waals surface area contributed by atoms with Gasteiger partial charge in [0.2, 0.25) is 0 Å². The van der Waals surface area contributed by atoms with Crippen molar-refractivity contribution in [3.05, 3.63) is 17.5 Å². The molecule has 5 heteroatoms. The van der Waals surface area contributed by atoms with Gasteiger partial charge in [-0.05, 0) is 25.7 Å². The van der Waals surface area contributed by atoms with Crippen molar-refractivity contribution in [3.63, 3.8) is 0 Å². The number of nitrogens with one attached hydrogen (secondary N) is 1. The summed E-state index contributed by atoms with van der Waals surface area (Å²) < 4.78 is 5.28. The van der Waals surface area contributed by atoms with Crippen LogP contribution in [0.2, 0.25) is 0 Å². The number of likely N-dealkylation sites (tertiary alicyclic amines) is 1. The van der Waals surface area contributed by atoms with E-state index in [1.165, 1.54) is 0 Å². The molecular formula is C13H21N3O2. The summed E-state index contributed by atoms with van der Waals surface area (Å²) in [6, 6.07) is 1.96. The molecule has 0 radical (unpaired) electrons. The average molecular weight is 251 g/mol. The maximum atomic E-state index is 12.1. The van der Waals surface area contributed by atoms with Crippen LogP contribution in [0.5, 0.6) is 0 Å². The molecular weight excluding hydrogens is 230 g/mol. The number of aryl methyl sites for hydroxylation is 1. The van der Waals surface area contributed by atoms with Crippen molar-refractivity contribution in [3.8, 4) is 0 Å². The van der Waals surface area contributed by atoms with E-state index < -0.39 is 0 Å². The van der Waals surface area contributed by atoms with Gasteiger partial charge >= 0.3 is 6.03 Å². The number of rotatable bonds is 3. The Balaban J connectivity index is 2.01. The zero-order chi connectivity index (χ0) is 13.1. The van der Waals surface area contributed by atoms with Crippen molar-refractivity contribution >= 4 is 6.03 Å². The van der Waals surface area contributed by atoms with Crippen LogP contribution in [-0.2, 0) is 0 Å². The number of aromatic nitrogens is 1. The first-order valence-corrected chi connectivity index (χ1v) is 6.55. The third kappa shape index (κ3) is 2.83. The standard InChI is InChI=1S/C13H21N3O2/c1-9(2)8-14-13(17)16-6-4-5-11(16)12-7-10(3)15-18-12/h7,9,11H,4-6,8H2,1-3H3,(H,14,17)/t11-/m1/s1. The van der Waals surface area contributed by atoms with Gasteiger partial charge in [0, 0.05) is 19.2 Å². The van der Waals surface area contributed by atoms with Gasteiger partial charge in [0.15, 0.2) is 5.76 Å². The predicted octanol–water partition coefficient (Wildman–Crippen LogP) is 2.49. The normalized spacial score (nSPS) is 19.6. The zero-order valence-corrected chi connectivity index (χ0v) is 11.3. The lowest BCUT2D eigenvalue weighted by Crippen LogP contribution is -2.40. The number of hydrogen-bond acceptors (Lipinski definition) is 3. The summed E-state index contributed by atoms with van der Waals surface area (Å²) in [5.74, 6) is 1.26. The summed E-state index contributed by atoms with van der Waals surface area (Å²) in [7, 11) is 0. The van der Waals surface area contributed by atoms with Crippen LogP contribution >= 0.6 is 0 Å². The molecule has 0 spiro atoms. The Labute approximate surface area is 108 Å². The fourth-order valence-corrected chi connectivity index (χ4v) is 2.24. The summed E-state index contributed by atoms with van der Waals surface area (Å²) in [6.07, 6.45) is 1.96. The SMILES string of the molecule is Cc1cc([C@H]2CCCN2C(=O)NCC(C)C)on1. The molecule has 1 aliphatic rings. The number of nitrogens with zero attached hydrogens (tertiary/aromatic N) is 2. The molecule has 1 atom stereocenters. The van der Waals surface area contributed by atoms with E-state index in [0.29, 0.717) is 12.5 Å². The highest BCUT2D eigenvalue weighted by atomic mass is 16.5. The number of carbonyl (C=O) groups is 1. The van der Waals surface area contributed by atoms with Crippen molar-refractivity contribution in [1.82, 2.24) is 15.4 Å². The molecule has 100 valence electrons. The van der Waals surface area contributed by atoms with Crippen LogP contribution in [-0.4, -0.2) is 29.2 Å². The molecule has 0 aromatic carbocycles. The third-order valence-corrected chi connectivity index (χ3v) is 3.15. The summed E-state index contributed by atoms with van der Waals surface area (Å²) in [6.45, 7) is 7.56. The molecule has 18 heavy (non-hydrogen) atoms. The van der Waals surface area contributed by atoms with Gasteiger partial charge in [0.1, 0.15) is 0 Å². The minimum atomic E-state index is 0.000234. The van der Waals surface area contributed by atoms with E-state index in [1.54, 1.807) is 0 Å². The second-order valence-corrected chi connectivity index (χ2v) is 5.30. The van der Waals surface area contributed by atoms with Crippen molar-refractivity contribution in [2.75, 3.05) is 13.1 Å². The summed E-state index contributed by atoms with van der Waals surface area (Å²) >= 11 is 0. The van der Waals surface area contributed by atoms with Gasteiger partial charge < -0.3 is 14.7 Å². The Morgan fingerprint density at radius 2 is 2.44 bits per heavy atom. The molecule has 0 saturated carbocycles. The van der Waals surface area contributed by atoms with Gasteiger partial charge in [0.25, 0.3) is 0 Å². The van der Waals surface area contributed by atoms with E-state index in [2.05, 4.69) is 24.3 Å². The molecule has 1 saturated heterocycles. The van der Waals surface area contributed by atoms with Crippen LogP contribution in [0, 0.1) is 12.8 Å². The average Bonchev–Trinajstić information content (AvgIpc) is 2.93. The topological polar surface area (TPSA) is 58.4 Å². The Morgan fingerprint density at radius 3 is 3.06 bits per heavy atom. The number of hydrogen-bond donors (Lipinski definition) is 1. The van der Waals surface area contributed by atoms with E-state index in [1.807, 2.05) is 17.9 Å². The Bertz CT molecular complexity index is 414. The molecule has 0 unspecified atom stereocenters. The Kier molecular flexibility index (Phi) is 3.89. The first-order chi connectivity index (χ1) is 8.58. The smallest absolute Gasteiger partial charge is 0.318 e. The lowest BCUT2D eigenvalue weighted by Gasteiger charge is -2.23. The van der Waals surface area contributed by atoms with Crippen molar-refractivity contribution < 1.29 is 9.32 Å². The van der Waals surface area contributed by atoms with Crippen LogP contribution in [0.1, 0.15) is 44.2 Å². The van der Waals surface area contributed by atoms with Gasteiger partial charge in [-0.1, -0.05) is 19.0 Å². The van der Waals surface area contributed by atoms with E-state index in [9.17, 15) is 4.79 Å². The third-order valence-electron chi connectivity index (χ3n) is 3.15. The van der Waals surface area contributed by atoms with Crippen molar-refractivity contribution in [1.29, 1.82) is 0 Å². The van der Waals surface area contributed by atoms with Gasteiger partial charge in [-0.3, -0.25) is 0 Å². The Hall–Kier alpha value is -1.52.